The molecule has 4 rings (SSSR count). The number of nitrogens with zero attached hydrogens (tertiary/aromatic N) is 2. The van der Waals surface area contributed by atoms with E-state index in [0.717, 1.165) is 41.8 Å². The van der Waals surface area contributed by atoms with Crippen LogP contribution in [0.4, 0.5) is 0 Å². The molecule has 1 aromatic heterocycles. The van der Waals surface area contributed by atoms with Gasteiger partial charge in [0.2, 0.25) is 5.91 Å². The summed E-state index contributed by atoms with van der Waals surface area (Å²) in [4.78, 5) is 22.7. The third-order valence-electron chi connectivity index (χ3n) is 4.85. The van der Waals surface area contributed by atoms with E-state index in [2.05, 4.69) is 23.0 Å². The maximum atomic E-state index is 12.7. The summed E-state index contributed by atoms with van der Waals surface area (Å²) in [5.74, 6) is 0.933. The first-order valence-corrected chi connectivity index (χ1v) is 8.71. The zero-order valence-corrected chi connectivity index (χ0v) is 14.3. The van der Waals surface area contributed by atoms with Crippen molar-refractivity contribution in [2.45, 2.75) is 25.8 Å². The van der Waals surface area contributed by atoms with Gasteiger partial charge in [0.15, 0.2) is 0 Å². The second-order valence-corrected chi connectivity index (χ2v) is 6.52. The number of amides is 1. The van der Waals surface area contributed by atoms with Gasteiger partial charge >= 0.3 is 0 Å². The summed E-state index contributed by atoms with van der Waals surface area (Å²) in [6.07, 6.45) is 5.55. The first-order chi connectivity index (χ1) is 12.2. The van der Waals surface area contributed by atoms with Crippen LogP contribution in [0, 0.1) is 6.92 Å². The zero-order chi connectivity index (χ0) is 17.2. The first-order valence-electron chi connectivity index (χ1n) is 8.71. The van der Waals surface area contributed by atoms with Crippen LogP contribution in [0.5, 0.6) is 0 Å². The number of aromatic nitrogens is 2. The quantitative estimate of drug-likeness (QED) is 0.730. The average molecular weight is 331 g/mol. The molecule has 4 heteroatoms. The van der Waals surface area contributed by atoms with Crippen molar-refractivity contribution in [3.63, 3.8) is 0 Å². The molecular weight excluding hydrogens is 310 g/mol. The van der Waals surface area contributed by atoms with Crippen molar-refractivity contribution in [2.24, 2.45) is 0 Å². The molecule has 25 heavy (non-hydrogen) atoms. The Morgan fingerprint density at radius 3 is 2.84 bits per heavy atom. The van der Waals surface area contributed by atoms with Crippen LogP contribution in [0.1, 0.15) is 35.8 Å². The van der Waals surface area contributed by atoms with Gasteiger partial charge in [-0.3, -0.25) is 4.79 Å². The molecule has 2 aromatic carbocycles. The maximum Gasteiger partial charge on any atom is 0.247 e. The van der Waals surface area contributed by atoms with Crippen molar-refractivity contribution in [2.75, 3.05) is 6.54 Å². The fraction of sp³-hybridized carbons (Fsp3) is 0.238. The minimum absolute atomic E-state index is 0.0291. The highest BCUT2D eigenvalue weighted by Gasteiger charge is 2.31. The van der Waals surface area contributed by atoms with Crippen molar-refractivity contribution in [3.8, 4) is 0 Å². The second-order valence-electron chi connectivity index (χ2n) is 6.52. The SMILES string of the molecule is Cc1ccccc1/C=C/C(=O)N1CCC[C@H]1c1nc2ccccc2[nH]1. The summed E-state index contributed by atoms with van der Waals surface area (Å²) in [5.41, 5.74) is 4.22. The van der Waals surface area contributed by atoms with Gasteiger partial charge in [-0.05, 0) is 49.1 Å². The molecule has 0 saturated carbocycles. The number of H-pyrrole nitrogens is 1. The average Bonchev–Trinajstić information content (AvgIpc) is 3.27. The molecule has 126 valence electrons. The number of nitrogens with one attached hydrogen (secondary N) is 1. The fourth-order valence-corrected chi connectivity index (χ4v) is 3.48. The lowest BCUT2D eigenvalue weighted by atomic mass is 10.1. The van der Waals surface area contributed by atoms with Crippen molar-refractivity contribution >= 4 is 23.0 Å². The van der Waals surface area contributed by atoms with E-state index in [1.807, 2.05) is 53.4 Å². The molecule has 0 aliphatic carbocycles. The lowest BCUT2D eigenvalue weighted by Gasteiger charge is -2.21. The maximum absolute atomic E-state index is 12.7. The molecule has 1 amide bonds. The number of carbonyl (C=O) groups excluding carboxylic acids is 1. The number of hydrogen-bond donors (Lipinski definition) is 1. The lowest BCUT2D eigenvalue weighted by molar-refractivity contribution is -0.126. The third-order valence-corrected chi connectivity index (χ3v) is 4.85. The van der Waals surface area contributed by atoms with Gasteiger partial charge in [-0.15, -0.1) is 0 Å². The lowest BCUT2D eigenvalue weighted by Crippen LogP contribution is -2.29. The molecule has 0 bridgehead atoms. The number of likely N-dealkylation sites (tertiary alicyclic amines) is 1. The number of aryl methyl sites for hydroxylation is 1. The molecule has 0 radical (unpaired) electrons. The van der Waals surface area contributed by atoms with Gasteiger partial charge in [-0.1, -0.05) is 36.4 Å². The fourth-order valence-electron chi connectivity index (χ4n) is 3.48. The minimum Gasteiger partial charge on any atom is -0.340 e. The van der Waals surface area contributed by atoms with Crippen molar-refractivity contribution < 1.29 is 4.79 Å². The zero-order valence-electron chi connectivity index (χ0n) is 14.3. The molecule has 2 heterocycles. The Bertz CT molecular complexity index is 908. The van der Waals surface area contributed by atoms with Crippen LogP contribution in [-0.4, -0.2) is 27.3 Å². The van der Waals surface area contributed by atoms with E-state index in [9.17, 15) is 4.79 Å². The van der Waals surface area contributed by atoms with Crippen molar-refractivity contribution in [1.29, 1.82) is 0 Å². The Kier molecular flexibility index (Phi) is 4.10. The summed E-state index contributed by atoms with van der Waals surface area (Å²) >= 11 is 0. The van der Waals surface area contributed by atoms with Gasteiger partial charge in [-0.2, -0.15) is 0 Å². The summed E-state index contributed by atoms with van der Waals surface area (Å²) < 4.78 is 0. The normalized spacial score (nSPS) is 17.6. The Morgan fingerprint density at radius 1 is 1.20 bits per heavy atom. The van der Waals surface area contributed by atoms with E-state index >= 15 is 0 Å². The molecule has 1 saturated heterocycles. The summed E-state index contributed by atoms with van der Waals surface area (Å²) in [6.45, 7) is 2.83. The number of rotatable bonds is 3. The number of benzene rings is 2. The highest BCUT2D eigenvalue weighted by atomic mass is 16.2. The molecule has 0 unspecified atom stereocenters. The van der Waals surface area contributed by atoms with Gasteiger partial charge in [0.25, 0.3) is 0 Å². The van der Waals surface area contributed by atoms with Crippen LogP contribution in [0.2, 0.25) is 0 Å². The molecule has 1 aliphatic rings. The van der Waals surface area contributed by atoms with Crippen LogP contribution in [0.3, 0.4) is 0 Å². The van der Waals surface area contributed by atoms with Gasteiger partial charge < -0.3 is 9.88 Å². The second kappa shape index (κ2) is 6.55. The molecule has 1 N–H and O–H groups in total. The van der Waals surface area contributed by atoms with E-state index in [4.69, 9.17) is 0 Å². The predicted molar refractivity (Wildman–Crippen MR) is 100.0 cm³/mol. The molecule has 1 fully saturated rings. The molecule has 0 spiro atoms. The molecule has 1 aliphatic heterocycles. The highest BCUT2D eigenvalue weighted by molar-refractivity contribution is 5.92. The topological polar surface area (TPSA) is 49.0 Å². The van der Waals surface area contributed by atoms with Crippen molar-refractivity contribution in [3.05, 3.63) is 71.6 Å². The highest BCUT2D eigenvalue weighted by Crippen LogP contribution is 2.31. The Hall–Kier alpha value is -2.88. The number of fused-ring (bicyclic) bond motifs is 1. The van der Waals surface area contributed by atoms with E-state index in [1.54, 1.807) is 6.08 Å². The van der Waals surface area contributed by atoms with Gasteiger partial charge in [-0.25, -0.2) is 4.98 Å². The summed E-state index contributed by atoms with van der Waals surface area (Å²) in [5, 5.41) is 0. The standard InChI is InChI=1S/C21H21N3O/c1-15-7-2-3-8-16(15)12-13-20(25)24-14-6-11-19(24)21-22-17-9-4-5-10-18(17)23-21/h2-5,7-10,12-13,19H,6,11,14H2,1H3,(H,22,23)/b13-12+/t19-/m0/s1. The number of carbonyl (C=O) groups is 1. The first kappa shape index (κ1) is 15.6. The molecule has 4 nitrogen and oxygen atoms in total. The molecular formula is C21H21N3O. The van der Waals surface area contributed by atoms with E-state index in [0.29, 0.717) is 0 Å². The van der Waals surface area contributed by atoms with Crippen LogP contribution in [-0.2, 0) is 4.79 Å². The number of hydrogen-bond acceptors (Lipinski definition) is 2. The largest absolute Gasteiger partial charge is 0.340 e. The van der Waals surface area contributed by atoms with Gasteiger partial charge in [0, 0.05) is 12.6 Å². The Balaban J connectivity index is 1.56. The van der Waals surface area contributed by atoms with Crippen LogP contribution in [0.25, 0.3) is 17.1 Å². The summed E-state index contributed by atoms with van der Waals surface area (Å²) in [7, 11) is 0. The number of para-hydroxylation sites is 2. The van der Waals surface area contributed by atoms with E-state index < -0.39 is 0 Å². The number of imidazole rings is 1. The minimum atomic E-state index is 0.0291. The van der Waals surface area contributed by atoms with Crippen LogP contribution >= 0.6 is 0 Å². The Morgan fingerprint density at radius 2 is 2.00 bits per heavy atom. The Labute approximate surface area is 147 Å². The van der Waals surface area contributed by atoms with Gasteiger partial charge in [0.05, 0.1) is 17.1 Å². The van der Waals surface area contributed by atoms with Gasteiger partial charge in [0.1, 0.15) is 5.82 Å². The number of aromatic amines is 1. The van der Waals surface area contributed by atoms with E-state index in [-0.39, 0.29) is 11.9 Å². The molecule has 1 atom stereocenters. The van der Waals surface area contributed by atoms with Crippen molar-refractivity contribution in [1.82, 2.24) is 14.9 Å². The van der Waals surface area contributed by atoms with Crippen LogP contribution in [0.15, 0.2) is 54.6 Å². The van der Waals surface area contributed by atoms with E-state index in [1.165, 1.54) is 5.56 Å². The third kappa shape index (κ3) is 3.07. The predicted octanol–water partition coefficient (Wildman–Crippen LogP) is 4.25. The summed E-state index contributed by atoms with van der Waals surface area (Å²) in [6, 6.07) is 16.1. The monoisotopic (exact) mass is 331 g/mol. The smallest absolute Gasteiger partial charge is 0.247 e. The molecule has 3 aromatic rings. The van der Waals surface area contributed by atoms with Crippen LogP contribution < -0.4 is 0 Å².